The zero-order valence-corrected chi connectivity index (χ0v) is 11.6. The van der Waals surface area contributed by atoms with Gasteiger partial charge in [-0.3, -0.25) is 14.8 Å². The van der Waals surface area contributed by atoms with Crippen LogP contribution >= 0.6 is 11.6 Å². The van der Waals surface area contributed by atoms with Gasteiger partial charge in [0.05, 0.1) is 30.0 Å². The second-order valence-electron chi connectivity index (χ2n) is 4.46. The highest BCUT2D eigenvalue weighted by Crippen LogP contribution is 2.26. The lowest BCUT2D eigenvalue weighted by atomic mass is 10.2. The number of pyridine rings is 1. The van der Waals surface area contributed by atoms with Crippen molar-refractivity contribution in [3.05, 3.63) is 41.7 Å². The fraction of sp³-hybridized carbons (Fsp3) is 0.231. The molecule has 2 aromatic heterocycles. The number of rotatable bonds is 2. The third-order valence-corrected chi connectivity index (χ3v) is 3.42. The van der Waals surface area contributed by atoms with Crippen molar-refractivity contribution in [2.75, 3.05) is 22.9 Å². The van der Waals surface area contributed by atoms with E-state index in [2.05, 4.69) is 15.0 Å². The van der Waals surface area contributed by atoms with Gasteiger partial charge in [-0.2, -0.15) is 0 Å². The van der Waals surface area contributed by atoms with E-state index in [1.165, 1.54) is 0 Å². The second kappa shape index (κ2) is 5.05. The zero-order chi connectivity index (χ0) is 14.1. The Bertz CT molecular complexity index is 645. The van der Waals surface area contributed by atoms with Crippen LogP contribution in [0.2, 0.25) is 5.28 Å². The number of aryl methyl sites for hydroxylation is 1. The van der Waals surface area contributed by atoms with Crippen molar-refractivity contribution in [3.63, 3.8) is 0 Å². The smallest absolute Gasteiger partial charge is 0.290 e. The summed E-state index contributed by atoms with van der Waals surface area (Å²) >= 11 is 5.66. The van der Waals surface area contributed by atoms with E-state index in [9.17, 15) is 4.79 Å². The lowest BCUT2D eigenvalue weighted by Crippen LogP contribution is -2.32. The monoisotopic (exact) mass is 289 g/mol. The number of hydrogen-bond donors (Lipinski definition) is 0. The third kappa shape index (κ3) is 2.18. The van der Waals surface area contributed by atoms with Crippen molar-refractivity contribution in [1.82, 2.24) is 15.0 Å². The maximum Gasteiger partial charge on any atom is 0.329 e. The molecular formula is C13H12ClN5O. The Hall–Kier alpha value is -2.21. The predicted molar refractivity (Wildman–Crippen MR) is 76.1 cm³/mol. The number of carbonyl (C=O) groups is 1. The molecule has 0 saturated carbocycles. The van der Waals surface area contributed by atoms with Crippen LogP contribution in [0.1, 0.15) is 5.56 Å². The first kappa shape index (κ1) is 12.8. The summed E-state index contributed by atoms with van der Waals surface area (Å²) in [6, 6.07) is 1.78. The summed E-state index contributed by atoms with van der Waals surface area (Å²) in [7, 11) is 0. The molecule has 1 saturated heterocycles. The van der Waals surface area contributed by atoms with Crippen molar-refractivity contribution in [2.45, 2.75) is 6.92 Å². The summed E-state index contributed by atoms with van der Waals surface area (Å²) in [5, 5.41) is 0.167. The highest BCUT2D eigenvalue weighted by atomic mass is 35.5. The zero-order valence-electron chi connectivity index (χ0n) is 10.8. The van der Waals surface area contributed by atoms with Crippen LogP contribution in [0, 0.1) is 6.92 Å². The SMILES string of the molecule is Cc1ccncc1N1CCN(c2cnc(Cl)nc2)C1=O. The predicted octanol–water partition coefficient (Wildman–Crippen LogP) is 2.28. The number of aromatic nitrogens is 3. The molecular weight excluding hydrogens is 278 g/mol. The Kier molecular flexibility index (Phi) is 3.23. The molecule has 7 heteroatoms. The van der Waals surface area contributed by atoms with Gasteiger partial charge in [0.2, 0.25) is 5.28 Å². The molecule has 0 N–H and O–H groups in total. The fourth-order valence-corrected chi connectivity index (χ4v) is 2.28. The highest BCUT2D eigenvalue weighted by molar-refractivity contribution is 6.28. The molecule has 2 amide bonds. The van der Waals surface area contributed by atoms with Gasteiger partial charge in [0.25, 0.3) is 0 Å². The average Bonchev–Trinajstić information content (AvgIpc) is 2.82. The summed E-state index contributed by atoms with van der Waals surface area (Å²) in [4.78, 5) is 27.7. The van der Waals surface area contributed by atoms with E-state index < -0.39 is 0 Å². The molecule has 0 bridgehead atoms. The van der Waals surface area contributed by atoms with E-state index in [0.29, 0.717) is 18.8 Å². The molecule has 102 valence electrons. The van der Waals surface area contributed by atoms with Gasteiger partial charge in [0.1, 0.15) is 0 Å². The van der Waals surface area contributed by atoms with Crippen molar-refractivity contribution in [2.24, 2.45) is 0 Å². The molecule has 0 aromatic carbocycles. The van der Waals surface area contributed by atoms with Crippen LogP contribution in [0.3, 0.4) is 0 Å². The van der Waals surface area contributed by atoms with Crippen molar-refractivity contribution >= 4 is 29.0 Å². The third-order valence-electron chi connectivity index (χ3n) is 3.23. The Morgan fingerprint density at radius 1 is 1.15 bits per heavy atom. The Morgan fingerprint density at radius 2 is 1.85 bits per heavy atom. The first-order valence-electron chi connectivity index (χ1n) is 6.14. The average molecular weight is 290 g/mol. The number of anilines is 2. The minimum absolute atomic E-state index is 0.105. The van der Waals surface area contributed by atoms with Crippen molar-refractivity contribution in [3.8, 4) is 0 Å². The number of halogens is 1. The largest absolute Gasteiger partial charge is 0.329 e. The maximum atomic E-state index is 12.5. The van der Waals surface area contributed by atoms with Crippen LogP contribution < -0.4 is 9.80 Å². The van der Waals surface area contributed by atoms with Gasteiger partial charge >= 0.3 is 6.03 Å². The van der Waals surface area contributed by atoms with Gasteiger partial charge < -0.3 is 0 Å². The number of hydrogen-bond acceptors (Lipinski definition) is 4. The van der Waals surface area contributed by atoms with Gasteiger partial charge in [-0.15, -0.1) is 0 Å². The number of carbonyl (C=O) groups excluding carboxylic acids is 1. The minimum Gasteiger partial charge on any atom is -0.290 e. The maximum absolute atomic E-state index is 12.5. The van der Waals surface area contributed by atoms with Crippen LogP contribution in [0.25, 0.3) is 0 Å². The van der Waals surface area contributed by atoms with E-state index in [-0.39, 0.29) is 11.3 Å². The summed E-state index contributed by atoms with van der Waals surface area (Å²) in [5.41, 5.74) is 2.49. The molecule has 20 heavy (non-hydrogen) atoms. The van der Waals surface area contributed by atoms with Crippen LogP contribution in [0.15, 0.2) is 30.9 Å². The molecule has 3 rings (SSSR count). The molecule has 0 atom stereocenters. The van der Waals surface area contributed by atoms with Gasteiger partial charge in [-0.1, -0.05) is 0 Å². The summed E-state index contributed by atoms with van der Waals surface area (Å²) in [6.07, 6.45) is 6.51. The lowest BCUT2D eigenvalue weighted by Gasteiger charge is -2.19. The first-order chi connectivity index (χ1) is 9.66. The van der Waals surface area contributed by atoms with E-state index in [1.807, 2.05) is 13.0 Å². The molecule has 2 aromatic rings. The van der Waals surface area contributed by atoms with Crippen LogP contribution in [-0.2, 0) is 0 Å². The van der Waals surface area contributed by atoms with Crippen LogP contribution in [-0.4, -0.2) is 34.1 Å². The number of amides is 2. The van der Waals surface area contributed by atoms with Crippen LogP contribution in [0.5, 0.6) is 0 Å². The molecule has 0 spiro atoms. The topological polar surface area (TPSA) is 62.2 Å². The number of nitrogens with zero attached hydrogens (tertiary/aromatic N) is 5. The summed E-state index contributed by atoms with van der Waals surface area (Å²) in [5.74, 6) is 0. The molecule has 1 aliphatic rings. The normalized spacial score (nSPS) is 15.0. The van der Waals surface area contributed by atoms with E-state index >= 15 is 0 Å². The molecule has 0 radical (unpaired) electrons. The van der Waals surface area contributed by atoms with Crippen molar-refractivity contribution < 1.29 is 4.79 Å². The second-order valence-corrected chi connectivity index (χ2v) is 4.80. The quantitative estimate of drug-likeness (QED) is 0.796. The molecule has 1 aliphatic heterocycles. The van der Waals surface area contributed by atoms with Gasteiger partial charge in [-0.05, 0) is 30.2 Å². The van der Waals surface area contributed by atoms with Crippen LogP contribution in [0.4, 0.5) is 16.2 Å². The Morgan fingerprint density at radius 3 is 2.55 bits per heavy atom. The van der Waals surface area contributed by atoms with Gasteiger partial charge in [0, 0.05) is 19.3 Å². The van der Waals surface area contributed by atoms with E-state index in [4.69, 9.17) is 11.6 Å². The summed E-state index contributed by atoms with van der Waals surface area (Å²) in [6.45, 7) is 3.14. The summed E-state index contributed by atoms with van der Waals surface area (Å²) < 4.78 is 0. The fourth-order valence-electron chi connectivity index (χ4n) is 2.18. The Balaban J connectivity index is 1.88. The van der Waals surface area contributed by atoms with E-state index in [1.54, 1.807) is 34.6 Å². The molecule has 3 heterocycles. The lowest BCUT2D eigenvalue weighted by molar-refractivity contribution is 0.256. The van der Waals surface area contributed by atoms with Gasteiger partial charge in [-0.25, -0.2) is 14.8 Å². The molecule has 0 aliphatic carbocycles. The molecule has 0 unspecified atom stereocenters. The standard InChI is InChI=1S/C13H12ClN5O/c1-9-2-3-15-8-11(9)19-5-4-18(13(19)20)10-6-16-12(14)17-7-10/h2-3,6-8H,4-5H2,1H3. The van der Waals surface area contributed by atoms with E-state index in [0.717, 1.165) is 11.3 Å². The van der Waals surface area contributed by atoms with Gasteiger partial charge in [0.15, 0.2) is 0 Å². The molecule has 1 fully saturated rings. The number of urea groups is 1. The Labute approximate surface area is 121 Å². The first-order valence-corrected chi connectivity index (χ1v) is 6.52. The highest BCUT2D eigenvalue weighted by Gasteiger charge is 2.31. The van der Waals surface area contributed by atoms with Crippen molar-refractivity contribution in [1.29, 1.82) is 0 Å². The molecule has 6 nitrogen and oxygen atoms in total. The minimum atomic E-state index is -0.105.